The number of thiophene rings is 1. The number of amides is 1. The zero-order valence-corrected chi connectivity index (χ0v) is 17.6. The predicted molar refractivity (Wildman–Crippen MR) is 121 cm³/mol. The van der Waals surface area contributed by atoms with E-state index in [0.717, 1.165) is 21.4 Å². The van der Waals surface area contributed by atoms with Gasteiger partial charge in [-0.1, -0.05) is 48.0 Å². The number of furan rings is 1. The van der Waals surface area contributed by atoms with Gasteiger partial charge >= 0.3 is 0 Å². The molecule has 154 valence electrons. The van der Waals surface area contributed by atoms with Crippen LogP contribution in [-0.2, 0) is 11.3 Å². The van der Waals surface area contributed by atoms with Crippen molar-refractivity contribution in [1.82, 2.24) is 14.9 Å². The highest BCUT2D eigenvalue weighted by atomic mass is 32.1. The summed E-state index contributed by atoms with van der Waals surface area (Å²) in [5, 5.41) is 5.82. The number of aromatic nitrogens is 2. The third-order valence-electron chi connectivity index (χ3n) is 5.21. The molecule has 0 radical (unpaired) electrons. The average molecular weight is 430 g/mol. The molecule has 0 aliphatic carbocycles. The van der Waals surface area contributed by atoms with Crippen molar-refractivity contribution in [3.8, 4) is 0 Å². The molecule has 0 saturated carbocycles. The molecule has 0 aliphatic rings. The summed E-state index contributed by atoms with van der Waals surface area (Å²) in [5.74, 6) is -0.279. The molecule has 6 nitrogen and oxygen atoms in total. The number of hydrogen-bond acceptors (Lipinski definition) is 5. The Balaban J connectivity index is 1.44. The van der Waals surface area contributed by atoms with E-state index < -0.39 is 0 Å². The van der Waals surface area contributed by atoms with E-state index in [4.69, 9.17) is 4.42 Å². The van der Waals surface area contributed by atoms with E-state index in [2.05, 4.69) is 10.3 Å². The first-order valence-electron chi connectivity index (χ1n) is 9.86. The highest BCUT2D eigenvalue weighted by Gasteiger charge is 2.19. The van der Waals surface area contributed by atoms with E-state index in [-0.39, 0.29) is 29.6 Å². The molecule has 0 spiro atoms. The molecule has 5 rings (SSSR count). The quantitative estimate of drug-likeness (QED) is 0.449. The second-order valence-corrected chi connectivity index (χ2v) is 8.36. The summed E-state index contributed by atoms with van der Waals surface area (Å²) in [7, 11) is 0. The molecule has 2 aromatic carbocycles. The monoisotopic (exact) mass is 429 g/mol. The maximum atomic E-state index is 12.9. The number of nitrogens with one attached hydrogen (secondary N) is 1. The Labute approximate surface area is 181 Å². The van der Waals surface area contributed by atoms with Gasteiger partial charge in [-0.3, -0.25) is 14.2 Å². The molecule has 0 fully saturated rings. The fraction of sp³-hybridized carbons (Fsp3) is 0.125. The average Bonchev–Trinajstić information content (AvgIpc) is 3.43. The molecule has 3 heterocycles. The number of carbonyl (C=O) groups excluding carboxylic acids is 1. The van der Waals surface area contributed by atoms with Crippen molar-refractivity contribution in [3.05, 3.63) is 98.7 Å². The number of rotatable bonds is 5. The van der Waals surface area contributed by atoms with Crippen LogP contribution in [0.4, 0.5) is 0 Å². The number of aryl methyl sites for hydroxylation is 1. The number of fused-ring (bicyclic) bond motifs is 3. The molecule has 1 N–H and O–H groups in total. The van der Waals surface area contributed by atoms with Crippen molar-refractivity contribution in [1.29, 1.82) is 0 Å². The van der Waals surface area contributed by atoms with Crippen LogP contribution in [0.25, 0.3) is 22.1 Å². The van der Waals surface area contributed by atoms with Gasteiger partial charge in [0.05, 0.1) is 12.4 Å². The van der Waals surface area contributed by atoms with Crippen LogP contribution in [0.3, 0.4) is 0 Å². The van der Waals surface area contributed by atoms with E-state index in [1.807, 2.05) is 66.9 Å². The van der Waals surface area contributed by atoms with Gasteiger partial charge in [0, 0.05) is 10.3 Å². The van der Waals surface area contributed by atoms with Gasteiger partial charge in [0.2, 0.25) is 11.5 Å². The molecule has 0 bridgehead atoms. The highest BCUT2D eigenvalue weighted by Crippen LogP contribution is 2.27. The fourth-order valence-corrected chi connectivity index (χ4v) is 4.42. The van der Waals surface area contributed by atoms with Crippen LogP contribution in [0.5, 0.6) is 0 Å². The summed E-state index contributed by atoms with van der Waals surface area (Å²) in [6, 6.07) is 19.1. The summed E-state index contributed by atoms with van der Waals surface area (Å²) in [6.07, 6.45) is 1.40. The van der Waals surface area contributed by atoms with Crippen LogP contribution in [0.2, 0.25) is 0 Å². The van der Waals surface area contributed by atoms with Crippen molar-refractivity contribution in [3.63, 3.8) is 0 Å². The molecule has 1 atom stereocenters. The van der Waals surface area contributed by atoms with Gasteiger partial charge in [-0.05, 0) is 36.1 Å². The lowest BCUT2D eigenvalue weighted by Gasteiger charge is -2.18. The number of nitrogens with zero attached hydrogens (tertiary/aromatic N) is 2. The second kappa shape index (κ2) is 7.85. The number of hydrogen-bond donors (Lipinski definition) is 1. The summed E-state index contributed by atoms with van der Waals surface area (Å²) < 4.78 is 6.98. The van der Waals surface area contributed by atoms with Crippen LogP contribution in [-0.4, -0.2) is 15.5 Å². The van der Waals surface area contributed by atoms with E-state index in [1.165, 1.54) is 10.9 Å². The minimum absolute atomic E-state index is 0.146. The van der Waals surface area contributed by atoms with Gasteiger partial charge in [-0.2, -0.15) is 0 Å². The Morgan fingerprint density at radius 1 is 1.13 bits per heavy atom. The van der Waals surface area contributed by atoms with Crippen LogP contribution in [0.15, 0.2) is 81.6 Å². The fourth-order valence-electron chi connectivity index (χ4n) is 3.62. The standard InChI is InChI=1S/C24H19N3O3S/c1-15-8-10-16(11-9-15)21(19-7-4-12-31-19)26-20(28)13-27-14-25-22-17-5-2-3-6-18(17)30-23(22)24(27)29/h2-12,14,21H,13H2,1H3,(H,26,28). The summed E-state index contributed by atoms with van der Waals surface area (Å²) >= 11 is 1.58. The molecular weight excluding hydrogens is 410 g/mol. The molecule has 7 heteroatoms. The first kappa shape index (κ1) is 19.3. The molecule has 1 amide bonds. The van der Waals surface area contributed by atoms with Crippen LogP contribution < -0.4 is 10.9 Å². The predicted octanol–water partition coefficient (Wildman–Crippen LogP) is 4.42. The Hall–Kier alpha value is -3.71. The van der Waals surface area contributed by atoms with Gasteiger partial charge in [-0.25, -0.2) is 4.98 Å². The molecule has 5 aromatic rings. The Bertz CT molecular complexity index is 1430. The van der Waals surface area contributed by atoms with Gasteiger partial charge in [0.1, 0.15) is 17.6 Å². The second-order valence-electron chi connectivity index (χ2n) is 7.38. The van der Waals surface area contributed by atoms with E-state index in [0.29, 0.717) is 11.1 Å². The van der Waals surface area contributed by atoms with Gasteiger partial charge in [0.25, 0.3) is 5.56 Å². The maximum absolute atomic E-state index is 12.9. The molecular formula is C24H19N3O3S. The summed E-state index contributed by atoms with van der Waals surface area (Å²) in [5.41, 5.74) is 3.02. The highest BCUT2D eigenvalue weighted by molar-refractivity contribution is 7.10. The van der Waals surface area contributed by atoms with Crippen LogP contribution >= 0.6 is 11.3 Å². The molecule has 3 aromatic heterocycles. The largest absolute Gasteiger partial charge is 0.448 e. The van der Waals surface area contributed by atoms with E-state index in [9.17, 15) is 9.59 Å². The summed E-state index contributed by atoms with van der Waals surface area (Å²) in [6.45, 7) is 1.88. The van der Waals surface area contributed by atoms with Crippen molar-refractivity contribution >= 4 is 39.3 Å². The third-order valence-corrected chi connectivity index (χ3v) is 6.15. The molecule has 0 aliphatic heterocycles. The normalized spacial score (nSPS) is 12.3. The minimum atomic E-state index is -0.376. The first-order chi connectivity index (χ1) is 15.1. The number of para-hydroxylation sites is 1. The summed E-state index contributed by atoms with van der Waals surface area (Å²) in [4.78, 5) is 31.2. The number of benzene rings is 2. The Kier molecular flexibility index (Phi) is 4.88. The Morgan fingerprint density at radius 3 is 2.71 bits per heavy atom. The lowest BCUT2D eigenvalue weighted by atomic mass is 10.0. The third kappa shape index (κ3) is 3.64. The zero-order chi connectivity index (χ0) is 21.4. The minimum Gasteiger partial charge on any atom is -0.448 e. The lowest BCUT2D eigenvalue weighted by Crippen LogP contribution is -2.35. The van der Waals surface area contributed by atoms with E-state index >= 15 is 0 Å². The van der Waals surface area contributed by atoms with Crippen molar-refractivity contribution in [2.24, 2.45) is 0 Å². The molecule has 1 unspecified atom stereocenters. The van der Waals surface area contributed by atoms with Crippen LogP contribution in [0.1, 0.15) is 22.0 Å². The van der Waals surface area contributed by atoms with E-state index in [1.54, 1.807) is 17.4 Å². The SMILES string of the molecule is Cc1ccc(C(NC(=O)Cn2cnc3c(oc4ccccc43)c2=O)c2cccs2)cc1. The molecule has 31 heavy (non-hydrogen) atoms. The van der Waals surface area contributed by atoms with Crippen LogP contribution in [0, 0.1) is 6.92 Å². The van der Waals surface area contributed by atoms with Gasteiger partial charge in [-0.15, -0.1) is 11.3 Å². The topological polar surface area (TPSA) is 77.1 Å². The maximum Gasteiger partial charge on any atom is 0.297 e. The van der Waals surface area contributed by atoms with Gasteiger partial charge < -0.3 is 9.73 Å². The van der Waals surface area contributed by atoms with Crippen molar-refractivity contribution in [2.45, 2.75) is 19.5 Å². The van der Waals surface area contributed by atoms with Crippen molar-refractivity contribution < 1.29 is 9.21 Å². The smallest absolute Gasteiger partial charge is 0.297 e. The zero-order valence-electron chi connectivity index (χ0n) is 16.7. The molecule has 0 saturated heterocycles. The first-order valence-corrected chi connectivity index (χ1v) is 10.7. The van der Waals surface area contributed by atoms with Crippen molar-refractivity contribution in [2.75, 3.05) is 0 Å². The number of carbonyl (C=O) groups is 1. The Morgan fingerprint density at radius 2 is 1.94 bits per heavy atom. The lowest BCUT2D eigenvalue weighted by molar-refractivity contribution is -0.122. The van der Waals surface area contributed by atoms with Gasteiger partial charge in [0.15, 0.2) is 0 Å².